The molecule has 2 aliphatic heterocycles. The minimum Gasteiger partial charge on any atom is -0.508 e. The molecule has 0 aromatic heterocycles. The summed E-state index contributed by atoms with van der Waals surface area (Å²) in [5.74, 6) is -7.10. The first-order valence-electron chi connectivity index (χ1n) is 19.2. The van der Waals surface area contributed by atoms with Crippen LogP contribution in [0.25, 0.3) is 0 Å². The average Bonchev–Trinajstić information content (AvgIpc) is 3.67. The predicted molar refractivity (Wildman–Crippen MR) is 226 cm³/mol. The van der Waals surface area contributed by atoms with Crippen molar-refractivity contribution in [3.8, 4) is 11.5 Å². The smallest absolute Gasteiger partial charge is 0.337 e. The van der Waals surface area contributed by atoms with Gasteiger partial charge in [-0.25, -0.2) is 9.59 Å². The molecule has 1 aliphatic carbocycles. The molecule has 0 fully saturated rings. The number of carbonyl (C=O) groups excluding carboxylic acids is 4. The van der Waals surface area contributed by atoms with Gasteiger partial charge >= 0.3 is 11.9 Å². The van der Waals surface area contributed by atoms with E-state index in [0.29, 0.717) is 11.1 Å². The number of hydrogen-bond acceptors (Lipinski definition) is 12. The highest BCUT2D eigenvalue weighted by Crippen LogP contribution is 2.48. The molecule has 16 nitrogen and oxygen atoms in total. The molecule has 7 rings (SSSR count). The highest BCUT2D eigenvalue weighted by Gasteiger charge is 2.56. The van der Waals surface area contributed by atoms with Crippen LogP contribution >= 0.6 is 0 Å². The molecule has 0 saturated carbocycles. The van der Waals surface area contributed by atoms with E-state index >= 15 is 0 Å². The van der Waals surface area contributed by atoms with Gasteiger partial charge in [0.1, 0.15) is 11.5 Å². The van der Waals surface area contributed by atoms with E-state index in [1.54, 1.807) is 13.8 Å². The van der Waals surface area contributed by atoms with E-state index in [-0.39, 0.29) is 80.5 Å². The van der Waals surface area contributed by atoms with E-state index < -0.39 is 58.6 Å². The average molecular weight is 841 g/mol. The Labute approximate surface area is 353 Å². The molecule has 4 atom stereocenters. The van der Waals surface area contributed by atoms with Crippen molar-refractivity contribution >= 4 is 58.1 Å². The van der Waals surface area contributed by atoms with E-state index in [1.165, 1.54) is 97.1 Å². The molecular formula is C46H40N4O12. The van der Waals surface area contributed by atoms with Crippen LogP contribution in [0.5, 0.6) is 11.5 Å². The van der Waals surface area contributed by atoms with Gasteiger partial charge in [0.15, 0.2) is 11.6 Å². The number of allylic oxidation sites excluding steroid dienone is 4. The number of rotatable bonds is 6. The second-order valence-electron chi connectivity index (χ2n) is 15.1. The molecule has 0 radical (unpaired) electrons. The van der Waals surface area contributed by atoms with Gasteiger partial charge < -0.3 is 51.9 Å². The first kappa shape index (κ1) is 42.3. The van der Waals surface area contributed by atoms with Crippen molar-refractivity contribution in [3.63, 3.8) is 0 Å². The van der Waals surface area contributed by atoms with Gasteiger partial charge in [-0.3, -0.25) is 19.2 Å². The zero-order chi connectivity index (χ0) is 44.7. The van der Waals surface area contributed by atoms with Crippen molar-refractivity contribution in [3.05, 3.63) is 154 Å². The first-order chi connectivity index (χ1) is 29.5. The number of aliphatic hydroxyl groups is 2. The van der Waals surface area contributed by atoms with Crippen LogP contribution in [0.2, 0.25) is 0 Å². The number of aromatic carboxylic acids is 2. The fourth-order valence-corrected chi connectivity index (χ4v) is 7.96. The van der Waals surface area contributed by atoms with Gasteiger partial charge in [-0.05, 0) is 86.4 Å². The maximum Gasteiger partial charge on any atom is 0.337 e. The van der Waals surface area contributed by atoms with E-state index in [2.05, 4.69) is 21.3 Å². The highest BCUT2D eigenvalue weighted by molar-refractivity contribution is 6.27. The Hall–Kier alpha value is -7.82. The summed E-state index contributed by atoms with van der Waals surface area (Å²) in [6.07, 6.45) is 4.35. The molecule has 0 spiro atoms. The summed E-state index contributed by atoms with van der Waals surface area (Å²) in [7, 11) is 0. The Kier molecular flexibility index (Phi) is 11.1. The van der Waals surface area contributed by atoms with E-state index in [9.17, 15) is 59.4 Å². The monoisotopic (exact) mass is 840 g/mol. The summed E-state index contributed by atoms with van der Waals surface area (Å²) in [6.45, 7) is 3.15. The van der Waals surface area contributed by atoms with Gasteiger partial charge in [0.05, 0.1) is 46.1 Å². The van der Waals surface area contributed by atoms with Gasteiger partial charge in [0.25, 0.3) is 11.8 Å². The summed E-state index contributed by atoms with van der Waals surface area (Å²) >= 11 is 0. The molecule has 316 valence electrons. The van der Waals surface area contributed by atoms with E-state index in [1.807, 2.05) is 0 Å². The molecule has 3 aliphatic rings. The predicted octanol–water partition coefficient (Wildman–Crippen LogP) is 5.72. The third-order valence-corrected chi connectivity index (χ3v) is 11.0. The number of para-hydroxylation sites is 2. The van der Waals surface area contributed by atoms with E-state index in [4.69, 9.17) is 0 Å². The number of phenols is 2. The molecule has 2 heterocycles. The Balaban J connectivity index is 1.41. The number of phenolic OH excluding ortho intramolecular Hbond substituents is 2. The Bertz CT molecular complexity index is 2550. The zero-order valence-electron chi connectivity index (χ0n) is 33.1. The molecule has 4 aromatic rings. The van der Waals surface area contributed by atoms with Gasteiger partial charge in [0.2, 0.25) is 11.1 Å². The zero-order valence-corrected chi connectivity index (χ0v) is 33.1. The number of benzene rings is 4. The first-order valence-corrected chi connectivity index (χ1v) is 19.2. The molecule has 16 heteroatoms. The van der Waals surface area contributed by atoms with Crippen LogP contribution in [-0.2, 0) is 30.3 Å². The van der Waals surface area contributed by atoms with Crippen LogP contribution in [0, 0.1) is 0 Å². The van der Waals surface area contributed by atoms with Crippen molar-refractivity contribution in [1.82, 2.24) is 0 Å². The maximum absolute atomic E-state index is 14.6. The van der Waals surface area contributed by atoms with Crippen molar-refractivity contribution < 1.29 is 59.4 Å². The lowest BCUT2D eigenvalue weighted by molar-refractivity contribution is -0.130. The number of carbonyl (C=O) groups is 6. The molecule has 0 saturated heterocycles. The Morgan fingerprint density at radius 1 is 0.597 bits per heavy atom. The molecule has 10 N–H and O–H groups in total. The number of ketones is 2. The van der Waals surface area contributed by atoms with E-state index in [0.717, 1.165) is 12.2 Å². The second-order valence-corrected chi connectivity index (χ2v) is 15.1. The molecule has 0 unspecified atom stereocenters. The summed E-state index contributed by atoms with van der Waals surface area (Å²) in [5, 5.41) is 76.0. The molecule has 4 aromatic carbocycles. The van der Waals surface area contributed by atoms with Crippen LogP contribution in [0.3, 0.4) is 0 Å². The summed E-state index contributed by atoms with van der Waals surface area (Å²) in [6, 6.07) is 16.0. The number of amides is 2. The number of nitrogens with one attached hydrogen (secondary N) is 4. The van der Waals surface area contributed by atoms with Crippen LogP contribution in [-0.4, -0.2) is 66.0 Å². The van der Waals surface area contributed by atoms with Crippen molar-refractivity contribution in [2.75, 3.05) is 21.3 Å². The lowest BCUT2D eigenvalue weighted by Crippen LogP contribution is -2.49. The largest absolute Gasteiger partial charge is 0.508 e. The number of anilines is 4. The van der Waals surface area contributed by atoms with Crippen molar-refractivity contribution in [2.24, 2.45) is 0 Å². The standard InChI is InChI=1S/C46H40N4O12/c1-23-11-15-35(53)29-19-25(51)21-33-39(29)46(44(62)48-33,50-32-10-6-4-8-28(32)42(59)60)38(56)18-14-24(2)12-16-36(54)30-20-26(52)22-34-40(30)45(43(61)47-34,37(55)17-13-23)49-31-9-5-3-7-27(31)41(57)58/h3-14,17-22,35-36,49-54H,15-16H2,1-2H3,(H,47,61)(H,48,62)(H,57,58)(H,59,60)/b17-13-,18-14-,23-11-,24-12-/t35-,36-,45-,46+/m0/s1. The maximum atomic E-state index is 14.6. The van der Waals surface area contributed by atoms with Crippen LogP contribution in [0.1, 0.15) is 81.9 Å². The fourth-order valence-electron chi connectivity index (χ4n) is 7.96. The number of carboxylic acid groups (broad SMARTS) is 2. The molecule has 2 amide bonds. The number of aliphatic hydroxyl groups excluding tert-OH is 2. The number of carboxylic acids is 2. The van der Waals surface area contributed by atoms with Crippen molar-refractivity contribution in [1.29, 1.82) is 0 Å². The van der Waals surface area contributed by atoms with Gasteiger partial charge in [0, 0.05) is 23.3 Å². The van der Waals surface area contributed by atoms with Crippen LogP contribution < -0.4 is 21.3 Å². The Morgan fingerprint density at radius 2 is 0.968 bits per heavy atom. The highest BCUT2D eigenvalue weighted by atomic mass is 16.4. The van der Waals surface area contributed by atoms with Gasteiger partial charge in [-0.1, -0.05) is 59.7 Å². The second kappa shape index (κ2) is 16.3. The molecule has 62 heavy (non-hydrogen) atoms. The molecule has 0 bridgehead atoms. The summed E-state index contributed by atoms with van der Waals surface area (Å²) < 4.78 is 0. The SMILES string of the molecule is CC1=C/C[C@H](O)c2cc(O)cc3c2[C@@](Nc2ccccc2C(=O)O)(C(=O)/C=C\C(C)=C/C[C@H](O)c2cc(O)cc4c2[C@](Nc2ccccc2C(=O)O)(C(=O)/C=C\1)C(=O)N4)C(=O)N3. The third-order valence-electron chi connectivity index (χ3n) is 11.0. The van der Waals surface area contributed by atoms with Crippen LogP contribution in [0.15, 0.2) is 120 Å². The quantitative estimate of drug-likeness (QED) is 0.104. The lowest BCUT2D eigenvalue weighted by Gasteiger charge is -2.31. The molecular weight excluding hydrogens is 801 g/mol. The minimum absolute atomic E-state index is 0.0341. The Morgan fingerprint density at radius 3 is 1.34 bits per heavy atom. The fraction of sp³-hybridized carbons (Fsp3) is 0.174. The van der Waals surface area contributed by atoms with Crippen molar-refractivity contribution in [2.45, 2.75) is 50.0 Å². The lowest BCUT2D eigenvalue weighted by atomic mass is 9.80. The summed E-state index contributed by atoms with van der Waals surface area (Å²) in [4.78, 5) is 82.2. The summed E-state index contributed by atoms with van der Waals surface area (Å²) in [5.41, 5.74) is -5.14. The third kappa shape index (κ3) is 7.37. The van der Waals surface area contributed by atoms with Gasteiger partial charge in [-0.2, -0.15) is 0 Å². The van der Waals surface area contributed by atoms with Crippen LogP contribution in [0.4, 0.5) is 22.7 Å². The topological polar surface area (TPSA) is 272 Å². The minimum atomic E-state index is -2.38. The number of aromatic hydroxyl groups is 2. The number of hydrogen-bond donors (Lipinski definition) is 10. The normalized spacial score (nSPS) is 25.1. The van der Waals surface area contributed by atoms with Gasteiger partial charge in [-0.15, -0.1) is 0 Å².